The third kappa shape index (κ3) is 6.23. The Balaban J connectivity index is 2.16. The van der Waals surface area contributed by atoms with Crippen molar-refractivity contribution in [3.63, 3.8) is 0 Å². The SMILES string of the molecule is CC(=O)OC1COC(NC(=O)Oc2ccccc2)C(OC(C)=O)C1OC(C)=O. The van der Waals surface area contributed by atoms with Gasteiger partial charge in [-0.05, 0) is 12.1 Å². The number of benzene rings is 1. The lowest BCUT2D eigenvalue weighted by Gasteiger charge is -2.40. The third-order valence-corrected chi connectivity index (χ3v) is 3.56. The largest absolute Gasteiger partial charge is 0.456 e. The van der Waals surface area contributed by atoms with Crippen molar-refractivity contribution < 1.29 is 42.9 Å². The van der Waals surface area contributed by atoms with Gasteiger partial charge in [-0.25, -0.2) is 4.79 Å². The number of para-hydroxylation sites is 1. The first-order chi connectivity index (χ1) is 13.3. The lowest BCUT2D eigenvalue weighted by atomic mass is 10.0. The van der Waals surface area contributed by atoms with E-state index in [1.807, 2.05) is 0 Å². The average molecular weight is 395 g/mol. The Kier molecular flexibility index (Phi) is 7.33. The minimum absolute atomic E-state index is 0.203. The van der Waals surface area contributed by atoms with E-state index in [2.05, 4.69) is 5.32 Å². The van der Waals surface area contributed by atoms with Crippen molar-refractivity contribution in [2.24, 2.45) is 0 Å². The van der Waals surface area contributed by atoms with E-state index in [-0.39, 0.29) is 12.4 Å². The smallest absolute Gasteiger partial charge is 0.414 e. The van der Waals surface area contributed by atoms with Gasteiger partial charge in [0.2, 0.25) is 0 Å². The maximum atomic E-state index is 12.2. The maximum Gasteiger partial charge on any atom is 0.414 e. The molecule has 1 fully saturated rings. The molecule has 1 aromatic rings. The van der Waals surface area contributed by atoms with Crippen LogP contribution in [0.4, 0.5) is 4.79 Å². The van der Waals surface area contributed by atoms with Crippen molar-refractivity contribution in [1.82, 2.24) is 5.32 Å². The summed E-state index contributed by atoms with van der Waals surface area (Å²) in [6.07, 6.45) is -5.53. The Morgan fingerprint density at radius 2 is 1.46 bits per heavy atom. The number of carbonyl (C=O) groups excluding carboxylic acids is 4. The van der Waals surface area contributed by atoms with Gasteiger partial charge in [0, 0.05) is 20.8 Å². The van der Waals surface area contributed by atoms with Gasteiger partial charge in [-0.15, -0.1) is 0 Å². The molecule has 10 nitrogen and oxygen atoms in total. The van der Waals surface area contributed by atoms with Crippen LogP contribution in [0.3, 0.4) is 0 Å². The molecule has 0 saturated carbocycles. The summed E-state index contributed by atoms with van der Waals surface area (Å²) in [6, 6.07) is 8.26. The summed E-state index contributed by atoms with van der Waals surface area (Å²) < 4.78 is 26.0. The first-order valence-corrected chi connectivity index (χ1v) is 8.43. The molecule has 0 aliphatic carbocycles. The highest BCUT2D eigenvalue weighted by Gasteiger charge is 2.47. The van der Waals surface area contributed by atoms with Crippen LogP contribution >= 0.6 is 0 Å². The molecule has 4 unspecified atom stereocenters. The third-order valence-electron chi connectivity index (χ3n) is 3.56. The number of rotatable bonds is 5. The van der Waals surface area contributed by atoms with E-state index >= 15 is 0 Å². The standard InChI is InChI=1S/C18H21NO9/c1-10(20)25-14-9-24-17(16(27-12(3)22)15(14)26-11(2)21)19-18(23)28-13-7-5-4-6-8-13/h4-8,14-17H,9H2,1-3H3,(H,19,23). The molecule has 1 aromatic carbocycles. The van der Waals surface area contributed by atoms with Gasteiger partial charge in [0.15, 0.2) is 24.5 Å². The molecule has 1 aliphatic rings. The second kappa shape index (κ2) is 9.70. The minimum Gasteiger partial charge on any atom is -0.456 e. The van der Waals surface area contributed by atoms with E-state index in [0.29, 0.717) is 0 Å². The van der Waals surface area contributed by atoms with Crippen molar-refractivity contribution in [1.29, 1.82) is 0 Å². The highest BCUT2D eigenvalue weighted by atomic mass is 16.7. The highest BCUT2D eigenvalue weighted by Crippen LogP contribution is 2.23. The average Bonchev–Trinajstić information content (AvgIpc) is 2.59. The van der Waals surface area contributed by atoms with Crippen molar-refractivity contribution in [2.45, 2.75) is 45.3 Å². The summed E-state index contributed by atoms with van der Waals surface area (Å²) in [4.78, 5) is 46.5. The predicted molar refractivity (Wildman–Crippen MR) is 92.0 cm³/mol. The molecular weight excluding hydrogens is 374 g/mol. The summed E-state index contributed by atoms with van der Waals surface area (Å²) in [6.45, 7) is 3.26. The second-order valence-electron chi connectivity index (χ2n) is 5.90. The number of esters is 3. The first kappa shape index (κ1) is 21.2. The van der Waals surface area contributed by atoms with Crippen molar-refractivity contribution >= 4 is 24.0 Å². The van der Waals surface area contributed by atoms with Crippen LogP contribution < -0.4 is 10.1 Å². The fourth-order valence-electron chi connectivity index (χ4n) is 2.61. The molecule has 1 heterocycles. The molecule has 2 rings (SSSR count). The molecule has 0 spiro atoms. The van der Waals surface area contributed by atoms with Gasteiger partial charge in [0.25, 0.3) is 0 Å². The highest BCUT2D eigenvalue weighted by molar-refractivity contribution is 5.71. The fraction of sp³-hybridized carbons (Fsp3) is 0.444. The summed E-state index contributed by atoms with van der Waals surface area (Å²) in [5, 5.41) is 2.41. The lowest BCUT2D eigenvalue weighted by molar-refractivity contribution is -0.228. The van der Waals surface area contributed by atoms with Crippen molar-refractivity contribution in [2.75, 3.05) is 6.61 Å². The van der Waals surface area contributed by atoms with Gasteiger partial charge in [-0.2, -0.15) is 0 Å². The number of amides is 1. The van der Waals surface area contributed by atoms with Gasteiger partial charge in [0.1, 0.15) is 5.75 Å². The molecule has 1 N–H and O–H groups in total. The quantitative estimate of drug-likeness (QED) is 0.572. The van der Waals surface area contributed by atoms with Crippen LogP contribution in [0.2, 0.25) is 0 Å². The number of carbonyl (C=O) groups is 4. The number of hydrogen-bond acceptors (Lipinski definition) is 9. The molecule has 10 heteroatoms. The van der Waals surface area contributed by atoms with E-state index in [0.717, 1.165) is 13.8 Å². The molecule has 152 valence electrons. The van der Waals surface area contributed by atoms with Crippen LogP contribution in [0.25, 0.3) is 0 Å². The van der Waals surface area contributed by atoms with Crippen LogP contribution in [0.15, 0.2) is 30.3 Å². The molecule has 0 aromatic heterocycles. The van der Waals surface area contributed by atoms with Crippen LogP contribution in [0.1, 0.15) is 20.8 Å². The van der Waals surface area contributed by atoms with Crippen molar-refractivity contribution in [3.8, 4) is 5.75 Å². The molecule has 0 bridgehead atoms. The topological polar surface area (TPSA) is 126 Å². The normalized spacial score (nSPS) is 23.8. The monoisotopic (exact) mass is 395 g/mol. The van der Waals surface area contributed by atoms with E-state index in [1.54, 1.807) is 30.3 Å². The maximum absolute atomic E-state index is 12.2. The zero-order valence-electron chi connectivity index (χ0n) is 15.6. The molecular formula is C18H21NO9. The Bertz CT molecular complexity index is 721. The van der Waals surface area contributed by atoms with Gasteiger partial charge < -0.3 is 23.7 Å². The van der Waals surface area contributed by atoms with E-state index < -0.39 is 48.5 Å². The minimum atomic E-state index is -1.26. The first-order valence-electron chi connectivity index (χ1n) is 8.43. The predicted octanol–water partition coefficient (Wildman–Crippen LogP) is 0.926. The Morgan fingerprint density at radius 3 is 2.04 bits per heavy atom. The summed E-state index contributed by atoms with van der Waals surface area (Å²) >= 11 is 0. The van der Waals surface area contributed by atoms with Gasteiger partial charge in [0.05, 0.1) is 6.61 Å². The molecule has 1 aliphatic heterocycles. The molecule has 1 amide bonds. The van der Waals surface area contributed by atoms with E-state index in [1.165, 1.54) is 6.92 Å². The van der Waals surface area contributed by atoms with Gasteiger partial charge in [-0.3, -0.25) is 19.7 Å². The van der Waals surface area contributed by atoms with Crippen LogP contribution in [-0.2, 0) is 33.3 Å². The lowest BCUT2D eigenvalue weighted by Crippen LogP contribution is -2.62. The number of nitrogens with one attached hydrogen (secondary N) is 1. The Hall–Kier alpha value is -3.14. The molecule has 28 heavy (non-hydrogen) atoms. The van der Waals surface area contributed by atoms with Crippen LogP contribution in [0.5, 0.6) is 5.75 Å². The summed E-state index contributed by atoms with van der Waals surface area (Å²) in [7, 11) is 0. The Morgan fingerprint density at radius 1 is 0.893 bits per heavy atom. The zero-order valence-corrected chi connectivity index (χ0v) is 15.6. The number of ether oxygens (including phenoxy) is 5. The van der Waals surface area contributed by atoms with E-state index in [4.69, 9.17) is 23.7 Å². The van der Waals surface area contributed by atoms with Crippen molar-refractivity contribution in [3.05, 3.63) is 30.3 Å². The Labute approximate surface area is 161 Å². The van der Waals surface area contributed by atoms with Gasteiger partial charge in [-0.1, -0.05) is 18.2 Å². The second-order valence-corrected chi connectivity index (χ2v) is 5.90. The number of hydrogen-bond donors (Lipinski definition) is 1. The molecule has 1 saturated heterocycles. The summed E-state index contributed by atoms with van der Waals surface area (Å²) in [5.74, 6) is -1.75. The van der Waals surface area contributed by atoms with Crippen LogP contribution in [0, 0.1) is 0 Å². The summed E-state index contributed by atoms with van der Waals surface area (Å²) in [5.41, 5.74) is 0. The van der Waals surface area contributed by atoms with Crippen LogP contribution in [-0.4, -0.2) is 55.1 Å². The van der Waals surface area contributed by atoms with Gasteiger partial charge >= 0.3 is 24.0 Å². The fourth-order valence-corrected chi connectivity index (χ4v) is 2.61. The molecule has 0 radical (unpaired) electrons. The zero-order chi connectivity index (χ0) is 20.7. The molecule has 4 atom stereocenters. The van der Waals surface area contributed by atoms with E-state index in [9.17, 15) is 19.2 Å².